The van der Waals surface area contributed by atoms with Gasteiger partial charge in [0.25, 0.3) is 5.56 Å². The van der Waals surface area contributed by atoms with Gasteiger partial charge in [0.2, 0.25) is 5.95 Å². The van der Waals surface area contributed by atoms with Gasteiger partial charge < -0.3 is 14.4 Å². The van der Waals surface area contributed by atoms with E-state index < -0.39 is 0 Å². The van der Waals surface area contributed by atoms with Gasteiger partial charge in [-0.3, -0.25) is 13.8 Å². The van der Waals surface area contributed by atoms with Gasteiger partial charge in [-0.05, 0) is 37.5 Å². The smallest absolute Gasteiger partial charge is 0.258 e. The van der Waals surface area contributed by atoms with Gasteiger partial charge >= 0.3 is 0 Å². The zero-order valence-corrected chi connectivity index (χ0v) is 18.4. The quantitative estimate of drug-likeness (QED) is 0.535. The predicted octanol–water partition coefficient (Wildman–Crippen LogP) is 1.90. The number of anilines is 1. The molecular formula is C21H26N6O3S. The summed E-state index contributed by atoms with van der Waals surface area (Å²) in [5.74, 6) is 1.41. The fraction of sp³-hybridized carbons (Fsp3) is 0.524. The van der Waals surface area contributed by atoms with E-state index in [2.05, 4.69) is 24.6 Å². The van der Waals surface area contributed by atoms with Crippen LogP contribution >= 0.6 is 11.8 Å². The third kappa shape index (κ3) is 4.46. The first-order valence-corrected chi connectivity index (χ1v) is 11.7. The Kier molecular flexibility index (Phi) is 5.93. The Bertz CT molecular complexity index is 1120. The monoisotopic (exact) mass is 442 g/mol. The molecule has 0 N–H and O–H groups in total. The highest BCUT2D eigenvalue weighted by molar-refractivity contribution is 7.98. The average molecular weight is 443 g/mol. The molecule has 3 aromatic heterocycles. The Hall–Kier alpha value is -2.43. The van der Waals surface area contributed by atoms with E-state index in [0.717, 1.165) is 61.4 Å². The van der Waals surface area contributed by atoms with Crippen molar-refractivity contribution in [1.82, 2.24) is 24.1 Å². The highest BCUT2D eigenvalue weighted by Crippen LogP contribution is 2.27. The van der Waals surface area contributed by atoms with Crippen LogP contribution in [0, 0.1) is 6.92 Å². The highest BCUT2D eigenvalue weighted by atomic mass is 32.2. The van der Waals surface area contributed by atoms with Crippen LogP contribution in [0.25, 0.3) is 5.65 Å². The van der Waals surface area contributed by atoms with Crippen molar-refractivity contribution in [3.63, 3.8) is 0 Å². The van der Waals surface area contributed by atoms with Gasteiger partial charge in [-0.2, -0.15) is 0 Å². The van der Waals surface area contributed by atoms with Gasteiger partial charge in [0, 0.05) is 37.7 Å². The van der Waals surface area contributed by atoms with Crippen LogP contribution in [-0.2, 0) is 21.8 Å². The molecule has 5 heterocycles. The van der Waals surface area contributed by atoms with E-state index in [0.29, 0.717) is 24.6 Å². The van der Waals surface area contributed by atoms with Gasteiger partial charge in [-0.1, -0.05) is 11.8 Å². The molecule has 0 aliphatic carbocycles. The fourth-order valence-corrected chi connectivity index (χ4v) is 4.84. The van der Waals surface area contributed by atoms with Crippen molar-refractivity contribution in [1.29, 1.82) is 0 Å². The summed E-state index contributed by atoms with van der Waals surface area (Å²) in [6, 6.07) is 5.43. The van der Waals surface area contributed by atoms with Crippen molar-refractivity contribution >= 4 is 23.4 Å². The van der Waals surface area contributed by atoms with Crippen molar-refractivity contribution < 1.29 is 9.47 Å². The third-order valence-electron chi connectivity index (χ3n) is 5.63. The molecule has 2 saturated heterocycles. The summed E-state index contributed by atoms with van der Waals surface area (Å²) in [6.45, 7) is 6.53. The lowest BCUT2D eigenvalue weighted by molar-refractivity contribution is 0.0942. The normalized spacial score (nSPS) is 19.4. The van der Waals surface area contributed by atoms with Gasteiger partial charge in [-0.15, -0.1) is 10.2 Å². The zero-order valence-electron chi connectivity index (χ0n) is 17.6. The number of hydrogen-bond donors (Lipinski definition) is 0. The molecule has 2 aliphatic heterocycles. The molecule has 31 heavy (non-hydrogen) atoms. The second kappa shape index (κ2) is 8.97. The van der Waals surface area contributed by atoms with Crippen LogP contribution in [0.3, 0.4) is 0 Å². The van der Waals surface area contributed by atoms with E-state index in [4.69, 9.17) is 9.47 Å². The van der Waals surface area contributed by atoms with Gasteiger partial charge in [0.1, 0.15) is 5.65 Å². The molecule has 3 aromatic rings. The Balaban J connectivity index is 1.40. The van der Waals surface area contributed by atoms with Gasteiger partial charge in [-0.25, -0.2) is 4.98 Å². The van der Waals surface area contributed by atoms with Crippen molar-refractivity contribution in [3.8, 4) is 0 Å². The molecule has 0 aromatic carbocycles. The topological polar surface area (TPSA) is 86.8 Å². The van der Waals surface area contributed by atoms with Gasteiger partial charge in [0.15, 0.2) is 5.16 Å². The first-order chi connectivity index (χ1) is 15.2. The number of ether oxygens (including phenoxy) is 2. The van der Waals surface area contributed by atoms with E-state index in [1.807, 2.05) is 19.1 Å². The van der Waals surface area contributed by atoms with E-state index >= 15 is 0 Å². The maximum absolute atomic E-state index is 12.5. The van der Waals surface area contributed by atoms with E-state index in [1.54, 1.807) is 28.4 Å². The molecule has 0 bridgehead atoms. The maximum Gasteiger partial charge on any atom is 0.258 e. The van der Waals surface area contributed by atoms with E-state index in [1.165, 1.54) is 0 Å². The summed E-state index contributed by atoms with van der Waals surface area (Å²) < 4.78 is 15.1. The number of aromatic nitrogens is 5. The minimum Gasteiger partial charge on any atom is -0.378 e. The summed E-state index contributed by atoms with van der Waals surface area (Å²) in [7, 11) is 0. The average Bonchev–Trinajstić information content (AvgIpc) is 3.43. The molecule has 9 nitrogen and oxygen atoms in total. The van der Waals surface area contributed by atoms with Crippen LogP contribution in [0.1, 0.15) is 24.1 Å². The number of morpholine rings is 1. The van der Waals surface area contributed by atoms with Crippen LogP contribution in [0.15, 0.2) is 34.3 Å². The molecule has 1 atom stereocenters. The molecule has 2 aliphatic rings. The van der Waals surface area contributed by atoms with Crippen molar-refractivity contribution in [3.05, 3.63) is 46.0 Å². The molecule has 10 heteroatoms. The molecule has 0 amide bonds. The van der Waals surface area contributed by atoms with Crippen LogP contribution in [0.4, 0.5) is 5.95 Å². The fourth-order valence-electron chi connectivity index (χ4n) is 4.00. The van der Waals surface area contributed by atoms with Crippen molar-refractivity contribution in [2.24, 2.45) is 0 Å². The Morgan fingerprint density at radius 2 is 2.06 bits per heavy atom. The van der Waals surface area contributed by atoms with Gasteiger partial charge in [0.05, 0.1) is 31.6 Å². The number of nitrogens with zero attached hydrogens (tertiary/aromatic N) is 6. The lowest BCUT2D eigenvalue weighted by Crippen LogP contribution is -2.38. The number of thioether (sulfide) groups is 1. The van der Waals surface area contributed by atoms with Crippen LogP contribution in [-0.4, -0.2) is 63.2 Å². The number of fused-ring (bicyclic) bond motifs is 1. The van der Waals surface area contributed by atoms with Crippen LogP contribution in [0.2, 0.25) is 0 Å². The molecule has 1 unspecified atom stereocenters. The summed E-state index contributed by atoms with van der Waals surface area (Å²) in [6.07, 6.45) is 4.09. The maximum atomic E-state index is 12.5. The highest BCUT2D eigenvalue weighted by Gasteiger charge is 2.25. The number of pyridine rings is 1. The molecule has 2 fully saturated rings. The lowest BCUT2D eigenvalue weighted by Gasteiger charge is -2.28. The Labute approximate surface area is 184 Å². The molecule has 0 saturated carbocycles. The molecular weight excluding hydrogens is 416 g/mol. The molecule has 0 spiro atoms. The Morgan fingerprint density at radius 1 is 1.19 bits per heavy atom. The largest absolute Gasteiger partial charge is 0.378 e. The molecule has 164 valence electrons. The second-order valence-electron chi connectivity index (χ2n) is 7.93. The summed E-state index contributed by atoms with van der Waals surface area (Å²) in [5.41, 5.74) is 2.40. The lowest BCUT2D eigenvalue weighted by atomic mass is 10.2. The Morgan fingerprint density at radius 3 is 2.87 bits per heavy atom. The van der Waals surface area contributed by atoms with E-state index in [-0.39, 0.29) is 11.7 Å². The molecule has 5 rings (SSSR count). The minimum atomic E-state index is -0.0737. The third-order valence-corrected chi connectivity index (χ3v) is 6.63. The standard InChI is InChI=1S/C21H26N6O3S/c1-15-4-5-26-18(11-15)22-16(12-19(26)28)14-31-21-24-23-20(25-6-9-29-10-7-25)27(21)13-17-3-2-8-30-17/h4-5,11-12,17H,2-3,6-10,13-14H2,1H3. The second-order valence-corrected chi connectivity index (χ2v) is 8.88. The van der Waals surface area contributed by atoms with Crippen molar-refractivity contribution in [2.75, 3.05) is 37.8 Å². The number of hydrogen-bond acceptors (Lipinski definition) is 8. The van der Waals surface area contributed by atoms with Crippen molar-refractivity contribution in [2.45, 2.75) is 43.3 Å². The molecule has 0 radical (unpaired) electrons. The first-order valence-electron chi connectivity index (χ1n) is 10.7. The number of aryl methyl sites for hydroxylation is 1. The van der Waals surface area contributed by atoms with Crippen LogP contribution < -0.4 is 10.5 Å². The first kappa shape index (κ1) is 20.5. The summed E-state index contributed by atoms with van der Waals surface area (Å²) >= 11 is 1.56. The van der Waals surface area contributed by atoms with Crippen LogP contribution in [0.5, 0.6) is 0 Å². The zero-order chi connectivity index (χ0) is 21.2. The van der Waals surface area contributed by atoms with E-state index in [9.17, 15) is 4.79 Å². The summed E-state index contributed by atoms with van der Waals surface area (Å²) in [5, 5.41) is 9.79. The summed E-state index contributed by atoms with van der Waals surface area (Å²) in [4.78, 5) is 19.4. The predicted molar refractivity (Wildman–Crippen MR) is 118 cm³/mol. The SMILES string of the molecule is Cc1ccn2c(=O)cc(CSc3nnc(N4CCOCC4)n3CC3CCCO3)nc2c1. The number of rotatable bonds is 6. The minimum absolute atomic E-state index is 0.0737.